The highest BCUT2D eigenvalue weighted by atomic mass is 19.1. The fourth-order valence-corrected chi connectivity index (χ4v) is 4.77. The molecular weight excluding hydrogens is 481 g/mol. The summed E-state index contributed by atoms with van der Waals surface area (Å²) < 4.78 is 20.2. The molecule has 1 atom stereocenters. The lowest BCUT2D eigenvalue weighted by Crippen LogP contribution is -2.26. The predicted octanol–water partition coefficient (Wildman–Crippen LogP) is 7.71. The third kappa shape index (κ3) is 7.91. The van der Waals surface area contributed by atoms with Crippen LogP contribution in [0.15, 0.2) is 54.6 Å². The maximum absolute atomic E-state index is 13.7. The molecule has 0 aliphatic heterocycles. The van der Waals surface area contributed by atoms with Gasteiger partial charge in [0.05, 0.1) is 6.42 Å². The first kappa shape index (κ1) is 28.9. The molecule has 0 spiro atoms. The van der Waals surface area contributed by atoms with E-state index in [-0.39, 0.29) is 30.8 Å². The number of aliphatic carboxylic acids is 1. The van der Waals surface area contributed by atoms with Crippen LogP contribution in [0.1, 0.15) is 84.2 Å². The van der Waals surface area contributed by atoms with Gasteiger partial charge < -0.3 is 15.2 Å². The summed E-state index contributed by atoms with van der Waals surface area (Å²) in [6, 6.07) is 16.3. The van der Waals surface area contributed by atoms with Gasteiger partial charge in [-0.2, -0.15) is 0 Å². The third-order valence-corrected chi connectivity index (χ3v) is 6.73. The number of ether oxygens (including phenoxy) is 1. The number of unbranched alkanes of at least 4 members (excludes halogenated alkanes) is 3. The molecule has 1 amide bonds. The molecule has 0 aliphatic carbocycles. The zero-order valence-corrected chi connectivity index (χ0v) is 22.8. The van der Waals surface area contributed by atoms with Crippen molar-refractivity contribution in [3.8, 4) is 16.9 Å². The van der Waals surface area contributed by atoms with Gasteiger partial charge in [-0.15, -0.1) is 0 Å². The molecule has 0 heterocycles. The molecule has 0 saturated heterocycles. The number of rotatable bonds is 13. The number of aryl methyl sites for hydroxylation is 3. The Morgan fingerprint density at radius 2 is 1.61 bits per heavy atom. The van der Waals surface area contributed by atoms with E-state index in [0.717, 1.165) is 64.8 Å². The lowest BCUT2D eigenvalue weighted by atomic mass is 9.92. The lowest BCUT2D eigenvalue weighted by molar-refractivity contribution is -0.136. The number of amides is 1. The molecule has 202 valence electrons. The predicted molar refractivity (Wildman–Crippen MR) is 149 cm³/mol. The molecular formula is C32H38FNO4. The van der Waals surface area contributed by atoms with Crippen molar-refractivity contribution >= 4 is 11.9 Å². The van der Waals surface area contributed by atoms with Crippen molar-refractivity contribution in [3.05, 3.63) is 88.2 Å². The van der Waals surface area contributed by atoms with Gasteiger partial charge in [0.1, 0.15) is 17.7 Å². The van der Waals surface area contributed by atoms with E-state index in [0.29, 0.717) is 5.56 Å². The second-order valence-corrected chi connectivity index (χ2v) is 9.87. The molecule has 0 aromatic heterocycles. The minimum absolute atomic E-state index is 0.0885. The van der Waals surface area contributed by atoms with Crippen LogP contribution in [-0.2, 0) is 4.79 Å². The summed E-state index contributed by atoms with van der Waals surface area (Å²) in [6.45, 7) is 8.29. The fourth-order valence-electron chi connectivity index (χ4n) is 4.77. The van der Waals surface area contributed by atoms with Crippen LogP contribution in [0.25, 0.3) is 11.1 Å². The first-order chi connectivity index (χ1) is 18.2. The summed E-state index contributed by atoms with van der Waals surface area (Å²) in [5, 5.41) is 11.4. The first-order valence-electron chi connectivity index (χ1n) is 13.3. The van der Waals surface area contributed by atoms with Crippen molar-refractivity contribution in [2.75, 3.05) is 6.54 Å². The second-order valence-electron chi connectivity index (χ2n) is 9.87. The van der Waals surface area contributed by atoms with E-state index in [2.05, 4.69) is 12.2 Å². The first-order valence-corrected chi connectivity index (χ1v) is 13.3. The van der Waals surface area contributed by atoms with E-state index in [4.69, 9.17) is 9.84 Å². The van der Waals surface area contributed by atoms with Crippen LogP contribution in [0, 0.1) is 26.6 Å². The molecule has 0 fully saturated rings. The molecule has 3 aromatic carbocycles. The minimum Gasteiger partial charge on any atom is -0.486 e. The van der Waals surface area contributed by atoms with Crippen molar-refractivity contribution in [1.29, 1.82) is 0 Å². The molecule has 0 saturated carbocycles. The Balaban J connectivity index is 1.81. The Morgan fingerprint density at radius 1 is 0.921 bits per heavy atom. The quantitative estimate of drug-likeness (QED) is 0.227. The van der Waals surface area contributed by atoms with E-state index < -0.39 is 5.97 Å². The van der Waals surface area contributed by atoms with Crippen LogP contribution in [0.2, 0.25) is 0 Å². The number of carboxylic acids is 1. The van der Waals surface area contributed by atoms with Crippen LogP contribution in [0.5, 0.6) is 5.75 Å². The average molecular weight is 520 g/mol. The summed E-state index contributed by atoms with van der Waals surface area (Å²) in [4.78, 5) is 23.0. The number of carbonyl (C=O) groups is 2. The molecule has 3 rings (SSSR count). The summed E-state index contributed by atoms with van der Waals surface area (Å²) in [6.07, 6.45) is 5.04. The topological polar surface area (TPSA) is 75.6 Å². The highest BCUT2D eigenvalue weighted by molar-refractivity contribution is 5.94. The van der Waals surface area contributed by atoms with Gasteiger partial charge in [-0.25, -0.2) is 4.39 Å². The Bertz CT molecular complexity index is 1230. The maximum atomic E-state index is 13.7. The number of nitrogens with one attached hydrogen (secondary N) is 1. The van der Waals surface area contributed by atoms with Crippen LogP contribution >= 0.6 is 0 Å². The summed E-state index contributed by atoms with van der Waals surface area (Å²) in [5.74, 6) is -0.707. The summed E-state index contributed by atoms with van der Waals surface area (Å²) >= 11 is 0. The molecule has 0 bridgehead atoms. The zero-order valence-electron chi connectivity index (χ0n) is 22.8. The molecule has 6 heteroatoms. The zero-order chi connectivity index (χ0) is 27.7. The molecule has 0 aliphatic rings. The van der Waals surface area contributed by atoms with Gasteiger partial charge >= 0.3 is 5.97 Å². The number of carbonyl (C=O) groups excluding carboxylic acids is 1. The Kier molecular flexibility index (Phi) is 10.5. The van der Waals surface area contributed by atoms with Crippen molar-refractivity contribution in [3.63, 3.8) is 0 Å². The van der Waals surface area contributed by atoms with Crippen molar-refractivity contribution < 1.29 is 23.8 Å². The Morgan fingerprint density at radius 3 is 2.21 bits per heavy atom. The number of hydrogen-bond donors (Lipinski definition) is 2. The second kappa shape index (κ2) is 13.8. The van der Waals surface area contributed by atoms with Gasteiger partial charge in [0.15, 0.2) is 0 Å². The lowest BCUT2D eigenvalue weighted by Gasteiger charge is -2.22. The standard InChI is InChI=1S/C32H38FNO4/c1-5-6-7-8-9-29(24-10-12-25(13-11-24)32(37)34-17-16-30(35)36)38-27-19-22(3)31(23(4)20-27)28-15-14-26(33)18-21(28)2/h10-15,18-20,29H,5-9,16-17H2,1-4H3,(H,34,37)(H,35,36). The SMILES string of the molecule is CCCCCCC(Oc1cc(C)c(-c2ccc(F)cc2C)c(C)c1)c1ccc(C(=O)NCCC(=O)O)cc1. The van der Waals surface area contributed by atoms with Crippen LogP contribution < -0.4 is 10.1 Å². The highest BCUT2D eigenvalue weighted by Crippen LogP contribution is 2.35. The van der Waals surface area contributed by atoms with E-state index >= 15 is 0 Å². The highest BCUT2D eigenvalue weighted by Gasteiger charge is 2.17. The molecule has 2 N–H and O–H groups in total. The Labute approximate surface area is 225 Å². The molecule has 3 aromatic rings. The van der Waals surface area contributed by atoms with Gasteiger partial charge in [0, 0.05) is 12.1 Å². The van der Waals surface area contributed by atoms with E-state index in [1.54, 1.807) is 18.2 Å². The smallest absolute Gasteiger partial charge is 0.305 e. The summed E-state index contributed by atoms with van der Waals surface area (Å²) in [7, 11) is 0. The number of carboxylic acid groups (broad SMARTS) is 1. The minimum atomic E-state index is -0.949. The van der Waals surface area contributed by atoms with Gasteiger partial charge in [0.25, 0.3) is 5.91 Å². The normalized spacial score (nSPS) is 11.7. The van der Waals surface area contributed by atoms with Gasteiger partial charge in [-0.3, -0.25) is 9.59 Å². The molecule has 1 unspecified atom stereocenters. The number of benzene rings is 3. The number of halogens is 1. The van der Waals surface area contributed by atoms with Crippen molar-refractivity contribution in [1.82, 2.24) is 5.32 Å². The van der Waals surface area contributed by atoms with Gasteiger partial charge in [-0.05, 0) is 103 Å². The van der Waals surface area contributed by atoms with Crippen LogP contribution in [-0.4, -0.2) is 23.5 Å². The van der Waals surface area contributed by atoms with E-state index in [1.807, 2.05) is 51.1 Å². The van der Waals surface area contributed by atoms with E-state index in [1.165, 1.54) is 12.5 Å². The fraction of sp³-hybridized carbons (Fsp3) is 0.375. The maximum Gasteiger partial charge on any atom is 0.305 e. The van der Waals surface area contributed by atoms with Crippen molar-refractivity contribution in [2.45, 2.75) is 72.3 Å². The molecule has 5 nitrogen and oxygen atoms in total. The van der Waals surface area contributed by atoms with Gasteiger partial charge in [-0.1, -0.05) is 44.4 Å². The third-order valence-electron chi connectivity index (χ3n) is 6.73. The van der Waals surface area contributed by atoms with Crippen LogP contribution in [0.3, 0.4) is 0 Å². The number of hydrogen-bond acceptors (Lipinski definition) is 3. The average Bonchev–Trinajstić information content (AvgIpc) is 2.86. The summed E-state index contributed by atoms with van der Waals surface area (Å²) in [5.41, 5.74) is 6.59. The Hall–Kier alpha value is -3.67. The molecule has 0 radical (unpaired) electrons. The van der Waals surface area contributed by atoms with Gasteiger partial charge in [0.2, 0.25) is 0 Å². The van der Waals surface area contributed by atoms with Crippen molar-refractivity contribution in [2.24, 2.45) is 0 Å². The van der Waals surface area contributed by atoms with Crippen LogP contribution in [0.4, 0.5) is 4.39 Å². The largest absolute Gasteiger partial charge is 0.486 e. The van der Waals surface area contributed by atoms with E-state index in [9.17, 15) is 14.0 Å². The molecule has 38 heavy (non-hydrogen) atoms. The monoisotopic (exact) mass is 519 g/mol.